The Kier molecular flexibility index (Phi) is 14.8. The van der Waals surface area contributed by atoms with E-state index in [4.69, 9.17) is 18.9 Å². The molecule has 1 heterocycles. The van der Waals surface area contributed by atoms with E-state index in [2.05, 4.69) is 10.6 Å². The molecule has 5 N–H and O–H groups in total. The Morgan fingerprint density at radius 2 is 1.50 bits per heavy atom. The minimum atomic E-state index is -1.46. The number of amides is 2. The van der Waals surface area contributed by atoms with Crippen molar-refractivity contribution in [2.24, 2.45) is 0 Å². The molecule has 2 aliphatic rings. The zero-order valence-electron chi connectivity index (χ0n) is 35.2. The van der Waals surface area contributed by atoms with Crippen LogP contribution in [0.1, 0.15) is 79.6 Å². The Balaban J connectivity index is 1.22. The quantitative estimate of drug-likeness (QED) is 0.0877. The first kappa shape index (κ1) is 45.4. The summed E-state index contributed by atoms with van der Waals surface area (Å²) in [7, 11) is 0. The molecule has 1 aliphatic heterocycles. The summed E-state index contributed by atoms with van der Waals surface area (Å²) < 4.78 is 25.1. The highest BCUT2D eigenvalue weighted by molar-refractivity contribution is 5.98. The van der Waals surface area contributed by atoms with E-state index in [0.29, 0.717) is 17.5 Å². The molecule has 2 amide bonds. The second-order valence-electron chi connectivity index (χ2n) is 16.4. The van der Waals surface area contributed by atoms with Gasteiger partial charge in [-0.15, -0.1) is 0 Å². The lowest BCUT2D eigenvalue weighted by molar-refractivity contribution is -0.157. The fraction of sp³-hybridized carbons (Fsp3) is 0.347. The van der Waals surface area contributed by atoms with Crippen LogP contribution in [-0.2, 0) is 45.5 Å². The molecule has 1 aliphatic carbocycles. The van der Waals surface area contributed by atoms with Gasteiger partial charge in [-0.05, 0) is 75.9 Å². The first-order chi connectivity index (χ1) is 29.7. The van der Waals surface area contributed by atoms with Crippen molar-refractivity contribution in [2.75, 3.05) is 6.61 Å². The van der Waals surface area contributed by atoms with Crippen molar-refractivity contribution in [1.82, 2.24) is 10.6 Å². The number of benzene rings is 4. The number of aliphatic hydroxyl groups is 2. The number of para-hydroxylation sites is 1. The molecule has 62 heavy (non-hydrogen) atoms. The Labute approximate surface area is 361 Å². The normalized spacial score (nSPS) is 19.6. The number of aromatic hydroxyl groups is 1. The summed E-state index contributed by atoms with van der Waals surface area (Å²) in [5, 5.41) is 36.0. The molecule has 6 rings (SSSR count). The minimum absolute atomic E-state index is 0.0554. The number of ether oxygens (including phenoxy) is 4. The number of fused-ring (bicyclic) bond motifs is 1. The van der Waals surface area contributed by atoms with Gasteiger partial charge < -0.3 is 44.9 Å². The summed E-state index contributed by atoms with van der Waals surface area (Å²) in [5.74, 6) is -3.90. The molecule has 1 fully saturated rings. The number of carbonyl (C=O) groups excluding carboxylic acids is 4. The lowest BCUT2D eigenvalue weighted by Gasteiger charge is -2.32. The van der Waals surface area contributed by atoms with Crippen LogP contribution in [0, 0.1) is 0 Å². The van der Waals surface area contributed by atoms with Gasteiger partial charge in [0, 0.05) is 29.5 Å². The van der Waals surface area contributed by atoms with E-state index >= 15 is 0 Å². The van der Waals surface area contributed by atoms with E-state index in [1.165, 1.54) is 6.92 Å². The van der Waals surface area contributed by atoms with E-state index < -0.39 is 78.2 Å². The molecule has 4 aromatic rings. The zero-order chi connectivity index (χ0) is 44.4. The maximum atomic E-state index is 14.1. The van der Waals surface area contributed by atoms with Gasteiger partial charge in [0.05, 0.1) is 24.3 Å². The van der Waals surface area contributed by atoms with Crippen LogP contribution in [0.5, 0.6) is 5.75 Å². The Hall–Kier alpha value is -6.12. The monoisotopic (exact) mass is 846 g/mol. The van der Waals surface area contributed by atoms with Gasteiger partial charge in [0.15, 0.2) is 0 Å². The fourth-order valence-electron chi connectivity index (χ4n) is 7.36. The molecular weight excluding hydrogens is 793 g/mol. The molecule has 0 spiro atoms. The van der Waals surface area contributed by atoms with E-state index in [1.54, 1.807) is 63.2 Å². The van der Waals surface area contributed by atoms with Crippen LogP contribution in [-0.4, -0.2) is 87.8 Å². The van der Waals surface area contributed by atoms with Crippen LogP contribution in [0.15, 0.2) is 127 Å². The molecule has 0 bridgehead atoms. The molecule has 13 nitrogen and oxygen atoms in total. The summed E-state index contributed by atoms with van der Waals surface area (Å²) in [4.78, 5) is 53.8. The maximum absolute atomic E-state index is 14.1. The summed E-state index contributed by atoms with van der Waals surface area (Å²) in [6.45, 7) is 6.03. The standard InChI is InChI=1S/C49H54N2O11/c1-31(53)43(46(57)50-38(30-52)26-27-42(55)61-48(2,3)4)51-45(56)35-28-40(59-47(58)34-24-22-32(23-25-34)14-13-16-33-15-11-12-21-39(33)54)44-41(29-35)60-49(62-44,36-17-7-5-8-18-36)37-19-9-6-10-20-37/h5-15,17-25,29,31,38,40-41,43-44,52-54H,16,26-28,30H2,1-4H3,(H,50,57)(H,51,56)/t31-,38-,40+,41+,43+,44-/m0/s1. The molecule has 1 saturated heterocycles. The predicted molar refractivity (Wildman–Crippen MR) is 230 cm³/mol. The third-order valence-electron chi connectivity index (χ3n) is 10.5. The number of hydrogen-bond donors (Lipinski definition) is 5. The van der Waals surface area contributed by atoms with E-state index in [-0.39, 0.29) is 36.1 Å². The van der Waals surface area contributed by atoms with Crippen LogP contribution < -0.4 is 10.6 Å². The third kappa shape index (κ3) is 11.4. The number of rotatable bonds is 16. The number of allylic oxidation sites excluding steroid dienone is 1. The van der Waals surface area contributed by atoms with Crippen LogP contribution in [0.2, 0.25) is 0 Å². The van der Waals surface area contributed by atoms with Crippen LogP contribution in [0.3, 0.4) is 0 Å². The van der Waals surface area contributed by atoms with E-state index in [9.17, 15) is 34.5 Å². The SMILES string of the molecule is C[C@H](O)[C@@H](NC(=O)C1=C[C@H]2OC(c3ccccc3)(c3ccccc3)O[C@H]2[C@H](OC(=O)c2ccc(C=CCc3ccccc3O)cc2)C1)C(=O)N[C@H](CO)CCC(=O)OC(C)(C)C. The Morgan fingerprint density at radius 1 is 0.871 bits per heavy atom. The number of phenolic OH excluding ortho intramolecular Hbond substituents is 1. The van der Waals surface area contributed by atoms with Crippen molar-refractivity contribution in [3.05, 3.63) is 155 Å². The number of nitrogens with one attached hydrogen (secondary N) is 2. The third-order valence-corrected chi connectivity index (χ3v) is 10.5. The second kappa shape index (κ2) is 20.2. The van der Waals surface area contributed by atoms with Gasteiger partial charge in [-0.1, -0.05) is 103 Å². The molecular formula is C49H54N2O11. The van der Waals surface area contributed by atoms with Gasteiger partial charge >= 0.3 is 11.9 Å². The number of esters is 2. The average Bonchev–Trinajstić information content (AvgIpc) is 3.66. The number of hydrogen-bond acceptors (Lipinski definition) is 11. The van der Waals surface area contributed by atoms with Crippen LogP contribution in [0.4, 0.5) is 0 Å². The van der Waals surface area contributed by atoms with Crippen molar-refractivity contribution in [1.29, 1.82) is 0 Å². The lowest BCUT2D eigenvalue weighted by Crippen LogP contribution is -2.55. The minimum Gasteiger partial charge on any atom is -0.508 e. The first-order valence-corrected chi connectivity index (χ1v) is 20.7. The molecule has 326 valence electrons. The Morgan fingerprint density at radius 3 is 2.10 bits per heavy atom. The van der Waals surface area contributed by atoms with E-state index in [1.807, 2.05) is 84.9 Å². The van der Waals surface area contributed by atoms with Gasteiger partial charge in [0.25, 0.3) is 0 Å². The predicted octanol–water partition coefficient (Wildman–Crippen LogP) is 5.65. The maximum Gasteiger partial charge on any atom is 0.338 e. The lowest BCUT2D eigenvalue weighted by atomic mass is 9.91. The highest BCUT2D eigenvalue weighted by atomic mass is 16.8. The Bertz CT molecular complexity index is 2190. The molecule has 4 aromatic carbocycles. The largest absolute Gasteiger partial charge is 0.508 e. The molecule has 6 atom stereocenters. The van der Waals surface area contributed by atoms with Gasteiger partial charge in [0.2, 0.25) is 17.6 Å². The van der Waals surface area contributed by atoms with E-state index in [0.717, 1.165) is 11.1 Å². The topological polar surface area (TPSA) is 190 Å². The van der Waals surface area contributed by atoms with Crippen molar-refractivity contribution < 1.29 is 53.4 Å². The zero-order valence-corrected chi connectivity index (χ0v) is 35.2. The molecule has 0 radical (unpaired) electrons. The summed E-state index contributed by atoms with van der Waals surface area (Å²) in [5.41, 5.74) is 2.63. The number of aliphatic hydroxyl groups excluding tert-OH is 2. The van der Waals surface area contributed by atoms with Crippen LogP contribution >= 0.6 is 0 Å². The molecule has 0 aromatic heterocycles. The number of phenols is 1. The first-order valence-electron chi connectivity index (χ1n) is 20.7. The smallest absolute Gasteiger partial charge is 0.338 e. The fourth-order valence-corrected chi connectivity index (χ4v) is 7.36. The second-order valence-corrected chi connectivity index (χ2v) is 16.4. The van der Waals surface area contributed by atoms with Gasteiger partial charge in [0.1, 0.15) is 35.7 Å². The van der Waals surface area contributed by atoms with Gasteiger partial charge in [-0.3, -0.25) is 14.4 Å². The van der Waals surface area contributed by atoms with Crippen LogP contribution in [0.25, 0.3) is 6.08 Å². The van der Waals surface area contributed by atoms with Crippen molar-refractivity contribution >= 4 is 29.8 Å². The highest BCUT2D eigenvalue weighted by Gasteiger charge is 2.55. The van der Waals surface area contributed by atoms with Gasteiger partial charge in [-0.2, -0.15) is 0 Å². The molecule has 13 heteroatoms. The number of carbonyl (C=O) groups is 4. The molecule has 0 saturated carbocycles. The summed E-state index contributed by atoms with van der Waals surface area (Å²) in [6.07, 6.45) is 1.54. The summed E-state index contributed by atoms with van der Waals surface area (Å²) >= 11 is 0. The van der Waals surface area contributed by atoms with Crippen molar-refractivity contribution in [3.8, 4) is 5.75 Å². The summed E-state index contributed by atoms with van der Waals surface area (Å²) in [6, 6.07) is 30.2. The van der Waals surface area contributed by atoms with Crippen molar-refractivity contribution in [2.45, 2.75) is 101 Å². The van der Waals surface area contributed by atoms with Crippen molar-refractivity contribution in [3.63, 3.8) is 0 Å². The molecule has 0 unspecified atom stereocenters. The average molecular weight is 847 g/mol. The highest BCUT2D eigenvalue weighted by Crippen LogP contribution is 2.47. The van der Waals surface area contributed by atoms with Gasteiger partial charge in [-0.25, -0.2) is 4.79 Å².